The Kier molecular flexibility index (Phi) is 4.02. The van der Waals surface area contributed by atoms with E-state index in [4.69, 9.17) is 5.73 Å². The molecule has 5 heteroatoms. The van der Waals surface area contributed by atoms with Crippen molar-refractivity contribution in [2.24, 2.45) is 5.73 Å². The van der Waals surface area contributed by atoms with Crippen LogP contribution in [0.1, 0.15) is 22.0 Å². The van der Waals surface area contributed by atoms with Gasteiger partial charge in [-0.3, -0.25) is 0 Å². The quantitative estimate of drug-likeness (QED) is 0.800. The highest BCUT2D eigenvalue weighted by Crippen LogP contribution is 2.33. The van der Waals surface area contributed by atoms with Gasteiger partial charge in [-0.05, 0) is 58.2 Å². The smallest absolute Gasteiger partial charge is 0.124 e. The van der Waals surface area contributed by atoms with Crippen molar-refractivity contribution < 1.29 is 4.39 Å². The van der Waals surface area contributed by atoms with Gasteiger partial charge in [-0.2, -0.15) is 0 Å². The molecule has 0 amide bonds. The first-order valence-electron chi connectivity index (χ1n) is 4.95. The second-order valence-electron chi connectivity index (χ2n) is 3.79. The summed E-state index contributed by atoms with van der Waals surface area (Å²) in [6.07, 6.45) is 0. The van der Waals surface area contributed by atoms with E-state index in [0.717, 1.165) is 19.8 Å². The van der Waals surface area contributed by atoms with Crippen molar-refractivity contribution in [2.75, 3.05) is 0 Å². The van der Waals surface area contributed by atoms with Crippen LogP contribution in [0.4, 0.5) is 4.39 Å². The van der Waals surface area contributed by atoms with Crippen molar-refractivity contribution in [1.29, 1.82) is 0 Å². The molecule has 0 aliphatic heterocycles. The van der Waals surface area contributed by atoms with Gasteiger partial charge in [0.05, 0.1) is 9.83 Å². The number of halogens is 3. The van der Waals surface area contributed by atoms with Gasteiger partial charge in [0.1, 0.15) is 5.82 Å². The van der Waals surface area contributed by atoms with Crippen LogP contribution in [0.2, 0.25) is 0 Å². The highest BCUT2D eigenvalue weighted by molar-refractivity contribution is 9.11. The lowest BCUT2D eigenvalue weighted by atomic mass is 10.1. The molecule has 1 heterocycles. The molecule has 1 atom stereocenters. The summed E-state index contributed by atoms with van der Waals surface area (Å²) < 4.78 is 15.1. The van der Waals surface area contributed by atoms with E-state index in [-0.39, 0.29) is 11.9 Å². The van der Waals surface area contributed by atoms with Crippen molar-refractivity contribution in [3.05, 3.63) is 54.3 Å². The highest BCUT2D eigenvalue weighted by Gasteiger charge is 2.14. The molecule has 90 valence electrons. The van der Waals surface area contributed by atoms with E-state index in [1.807, 2.05) is 19.1 Å². The zero-order valence-corrected chi connectivity index (χ0v) is 13.0. The Balaban J connectivity index is 2.39. The number of nitrogens with two attached hydrogens (primary N) is 1. The molecule has 17 heavy (non-hydrogen) atoms. The van der Waals surface area contributed by atoms with Gasteiger partial charge in [0.15, 0.2) is 0 Å². The Morgan fingerprint density at radius 3 is 2.47 bits per heavy atom. The maximum atomic E-state index is 13.3. The summed E-state index contributed by atoms with van der Waals surface area (Å²) in [5.74, 6) is -0.280. The summed E-state index contributed by atoms with van der Waals surface area (Å²) in [6, 6.07) is 6.47. The van der Waals surface area contributed by atoms with E-state index in [1.165, 1.54) is 12.1 Å². The molecule has 1 unspecified atom stereocenters. The topological polar surface area (TPSA) is 26.0 Å². The van der Waals surface area contributed by atoms with Gasteiger partial charge in [-0.15, -0.1) is 11.3 Å². The molecule has 0 aliphatic carbocycles. The SMILES string of the molecule is Cc1cc(C(N)c2cc(F)cc(Br)c2)sc1Br. The fraction of sp³-hybridized carbons (Fsp3) is 0.167. The average molecular weight is 379 g/mol. The van der Waals surface area contributed by atoms with Gasteiger partial charge in [-0.25, -0.2) is 4.39 Å². The van der Waals surface area contributed by atoms with Crippen molar-refractivity contribution >= 4 is 43.2 Å². The molecule has 0 saturated carbocycles. The summed E-state index contributed by atoms with van der Waals surface area (Å²) in [6.45, 7) is 2.01. The van der Waals surface area contributed by atoms with Gasteiger partial charge >= 0.3 is 0 Å². The number of aryl methyl sites for hydroxylation is 1. The van der Waals surface area contributed by atoms with Crippen LogP contribution in [0.3, 0.4) is 0 Å². The Bertz CT molecular complexity index is 514. The predicted octanol–water partition coefficient (Wildman–Crippen LogP) is 4.77. The molecule has 1 aromatic heterocycles. The number of rotatable bonds is 2. The lowest BCUT2D eigenvalue weighted by molar-refractivity contribution is 0.623. The molecule has 2 N–H and O–H groups in total. The van der Waals surface area contributed by atoms with Crippen molar-refractivity contribution in [2.45, 2.75) is 13.0 Å². The standard InChI is InChI=1S/C12H10Br2FNS/c1-6-2-10(17-12(6)14)11(16)7-3-8(13)5-9(15)4-7/h2-5,11H,16H2,1H3. The first-order chi connectivity index (χ1) is 7.97. The van der Waals surface area contributed by atoms with Gasteiger partial charge < -0.3 is 5.73 Å². The zero-order chi connectivity index (χ0) is 12.6. The Morgan fingerprint density at radius 2 is 1.94 bits per heavy atom. The lowest BCUT2D eigenvalue weighted by Crippen LogP contribution is -2.10. The van der Waals surface area contributed by atoms with Gasteiger partial charge in [0.2, 0.25) is 0 Å². The normalized spacial score (nSPS) is 12.8. The fourth-order valence-corrected chi connectivity index (χ4v) is 3.64. The summed E-state index contributed by atoms with van der Waals surface area (Å²) >= 11 is 8.32. The number of hydrogen-bond donors (Lipinski definition) is 1. The second-order valence-corrected chi connectivity index (χ2v) is 7.10. The molecular weight excluding hydrogens is 369 g/mol. The first kappa shape index (κ1) is 13.2. The van der Waals surface area contributed by atoms with Crippen molar-refractivity contribution in [3.8, 4) is 0 Å². The average Bonchev–Trinajstić information content (AvgIpc) is 2.57. The molecule has 0 saturated heterocycles. The molecule has 2 aromatic rings. The maximum Gasteiger partial charge on any atom is 0.124 e. The third-order valence-electron chi connectivity index (χ3n) is 2.43. The van der Waals surface area contributed by atoms with Crippen LogP contribution in [0.5, 0.6) is 0 Å². The van der Waals surface area contributed by atoms with E-state index >= 15 is 0 Å². The van der Waals surface area contributed by atoms with E-state index in [2.05, 4.69) is 31.9 Å². The summed E-state index contributed by atoms with van der Waals surface area (Å²) in [5.41, 5.74) is 8.06. The second kappa shape index (κ2) is 5.18. The predicted molar refractivity (Wildman–Crippen MR) is 76.9 cm³/mol. The molecule has 2 rings (SSSR count). The number of benzene rings is 1. The highest BCUT2D eigenvalue weighted by atomic mass is 79.9. The van der Waals surface area contributed by atoms with Crippen molar-refractivity contribution in [3.63, 3.8) is 0 Å². The minimum atomic E-state index is -0.294. The maximum absolute atomic E-state index is 13.3. The van der Waals surface area contributed by atoms with Crippen LogP contribution >= 0.6 is 43.2 Å². The molecular formula is C12H10Br2FNS. The molecule has 0 fully saturated rings. The minimum absolute atomic E-state index is 0.280. The molecule has 1 aromatic carbocycles. The monoisotopic (exact) mass is 377 g/mol. The summed E-state index contributed by atoms with van der Waals surface area (Å²) in [4.78, 5) is 1.02. The Morgan fingerprint density at radius 1 is 1.24 bits per heavy atom. The van der Waals surface area contributed by atoms with Crippen LogP contribution in [-0.2, 0) is 0 Å². The molecule has 1 nitrogen and oxygen atoms in total. The van der Waals surface area contributed by atoms with Crippen LogP contribution in [0.15, 0.2) is 32.5 Å². The largest absolute Gasteiger partial charge is 0.320 e. The van der Waals surface area contributed by atoms with E-state index < -0.39 is 0 Å². The minimum Gasteiger partial charge on any atom is -0.320 e. The van der Waals surface area contributed by atoms with Crippen LogP contribution in [0, 0.1) is 12.7 Å². The lowest BCUT2D eigenvalue weighted by Gasteiger charge is -2.10. The number of hydrogen-bond acceptors (Lipinski definition) is 2. The van der Waals surface area contributed by atoms with Crippen molar-refractivity contribution in [1.82, 2.24) is 0 Å². The summed E-state index contributed by atoms with van der Waals surface area (Å²) in [7, 11) is 0. The Hall–Kier alpha value is -0.230. The van der Waals surface area contributed by atoms with Gasteiger partial charge in [0, 0.05) is 9.35 Å². The van der Waals surface area contributed by atoms with Crippen LogP contribution in [0.25, 0.3) is 0 Å². The van der Waals surface area contributed by atoms with E-state index in [9.17, 15) is 4.39 Å². The van der Waals surface area contributed by atoms with E-state index in [1.54, 1.807) is 11.3 Å². The summed E-state index contributed by atoms with van der Waals surface area (Å²) in [5, 5.41) is 0. The van der Waals surface area contributed by atoms with E-state index in [0.29, 0.717) is 4.47 Å². The first-order valence-corrected chi connectivity index (χ1v) is 7.35. The van der Waals surface area contributed by atoms with Gasteiger partial charge in [-0.1, -0.05) is 15.9 Å². The molecule has 0 bridgehead atoms. The molecule has 0 radical (unpaired) electrons. The fourth-order valence-electron chi connectivity index (χ4n) is 1.56. The molecule has 0 aliphatic rings. The number of thiophene rings is 1. The van der Waals surface area contributed by atoms with Crippen LogP contribution in [-0.4, -0.2) is 0 Å². The third-order valence-corrected chi connectivity index (χ3v) is 5.10. The third kappa shape index (κ3) is 2.96. The molecule has 0 spiro atoms. The zero-order valence-electron chi connectivity index (χ0n) is 9.01. The Labute approximate surface area is 120 Å². The van der Waals surface area contributed by atoms with Gasteiger partial charge in [0.25, 0.3) is 0 Å². The van der Waals surface area contributed by atoms with Crippen LogP contribution < -0.4 is 5.73 Å².